The molecule has 0 spiro atoms. The Balaban J connectivity index is 3.29. The Kier molecular flexibility index (Phi) is 3.04. The molecule has 82 valence electrons. The van der Waals surface area contributed by atoms with Gasteiger partial charge in [0.1, 0.15) is 5.15 Å². The van der Waals surface area contributed by atoms with Crippen LogP contribution in [-0.4, -0.2) is 16.0 Å². The lowest BCUT2D eigenvalue weighted by molar-refractivity contribution is -0.137. The monoisotopic (exact) mass is 239 g/mol. The average Bonchev–Trinajstić information content (AvgIpc) is 2.15. The molecule has 0 aliphatic rings. The molecule has 1 aromatic heterocycles. The highest BCUT2D eigenvalue weighted by Crippen LogP contribution is 2.30. The highest BCUT2D eigenvalue weighted by Gasteiger charge is 2.32. The third-order valence-electron chi connectivity index (χ3n) is 1.55. The van der Waals surface area contributed by atoms with Gasteiger partial charge in [-0.2, -0.15) is 13.2 Å². The predicted molar refractivity (Wildman–Crippen MR) is 46.8 cm³/mol. The number of halogens is 4. The highest BCUT2D eigenvalue weighted by atomic mass is 35.5. The number of amidine groups is 1. The molecule has 0 amide bonds. The van der Waals surface area contributed by atoms with Crippen LogP contribution in [0.5, 0.6) is 0 Å². The van der Waals surface area contributed by atoms with Crippen LogP contribution in [0.4, 0.5) is 13.2 Å². The largest absolute Gasteiger partial charge is 0.417 e. The number of pyridine rings is 1. The average molecular weight is 240 g/mol. The maximum absolute atomic E-state index is 12.2. The molecular formula is C7H5ClF3N3O. The van der Waals surface area contributed by atoms with Gasteiger partial charge in [0, 0.05) is 6.20 Å². The molecular weight excluding hydrogens is 235 g/mol. The first-order valence-corrected chi connectivity index (χ1v) is 3.94. The molecule has 0 unspecified atom stereocenters. The van der Waals surface area contributed by atoms with Crippen LogP contribution in [-0.2, 0) is 6.18 Å². The summed E-state index contributed by atoms with van der Waals surface area (Å²) in [5.41, 5.74) is 3.83. The number of alkyl halides is 3. The van der Waals surface area contributed by atoms with E-state index in [9.17, 15) is 13.2 Å². The van der Waals surface area contributed by atoms with Crippen LogP contribution in [0.1, 0.15) is 11.1 Å². The summed E-state index contributed by atoms with van der Waals surface area (Å²) in [6.45, 7) is 0. The number of aromatic nitrogens is 1. The van der Waals surface area contributed by atoms with E-state index in [2.05, 4.69) is 10.1 Å². The van der Waals surface area contributed by atoms with Gasteiger partial charge in [-0.3, -0.25) is 0 Å². The van der Waals surface area contributed by atoms with E-state index in [1.54, 1.807) is 0 Å². The van der Waals surface area contributed by atoms with Crippen LogP contribution >= 0.6 is 11.6 Å². The Bertz CT molecular complexity index is 405. The SMILES string of the molecule is NC(=NO)c1cc(C(F)(F)F)cnc1Cl. The fraction of sp³-hybridized carbons (Fsp3) is 0.143. The van der Waals surface area contributed by atoms with Gasteiger partial charge in [-0.15, -0.1) is 0 Å². The molecule has 8 heteroatoms. The van der Waals surface area contributed by atoms with Crippen molar-refractivity contribution in [3.63, 3.8) is 0 Å². The van der Waals surface area contributed by atoms with Crippen molar-refractivity contribution >= 4 is 17.4 Å². The number of nitrogens with zero attached hydrogens (tertiary/aromatic N) is 2. The summed E-state index contributed by atoms with van der Waals surface area (Å²) in [6, 6.07) is 0.657. The molecule has 15 heavy (non-hydrogen) atoms. The van der Waals surface area contributed by atoms with Crippen LogP contribution < -0.4 is 5.73 Å². The third kappa shape index (κ3) is 2.50. The highest BCUT2D eigenvalue weighted by molar-refractivity contribution is 6.32. The third-order valence-corrected chi connectivity index (χ3v) is 1.85. The molecule has 1 heterocycles. The summed E-state index contributed by atoms with van der Waals surface area (Å²) in [4.78, 5) is 3.29. The Labute approximate surface area is 87.2 Å². The summed E-state index contributed by atoms with van der Waals surface area (Å²) in [5, 5.41) is 10.6. The molecule has 3 N–H and O–H groups in total. The molecule has 0 saturated carbocycles. The van der Waals surface area contributed by atoms with Crippen molar-refractivity contribution in [2.45, 2.75) is 6.18 Å². The van der Waals surface area contributed by atoms with Crippen LogP contribution in [0, 0.1) is 0 Å². The van der Waals surface area contributed by atoms with Gasteiger partial charge in [0.15, 0.2) is 5.84 Å². The maximum Gasteiger partial charge on any atom is 0.417 e. The molecule has 0 aliphatic carbocycles. The van der Waals surface area contributed by atoms with Gasteiger partial charge in [-0.05, 0) is 6.07 Å². The Morgan fingerprint density at radius 3 is 2.60 bits per heavy atom. The Morgan fingerprint density at radius 2 is 2.13 bits per heavy atom. The van der Waals surface area contributed by atoms with E-state index in [0.717, 1.165) is 0 Å². The van der Waals surface area contributed by atoms with Gasteiger partial charge in [0.25, 0.3) is 0 Å². The molecule has 4 nitrogen and oxygen atoms in total. The van der Waals surface area contributed by atoms with Crippen LogP contribution in [0.25, 0.3) is 0 Å². The van der Waals surface area contributed by atoms with Crippen LogP contribution in [0.2, 0.25) is 5.15 Å². The molecule has 0 atom stereocenters. The standard InChI is InChI=1S/C7H5ClF3N3O/c8-5-4(6(12)14-15)1-3(2-13-5)7(9,10)11/h1-2,15H,(H2,12,14). The molecule has 0 fully saturated rings. The smallest absolute Gasteiger partial charge is 0.409 e. The number of rotatable bonds is 1. The number of hydrogen-bond acceptors (Lipinski definition) is 3. The molecule has 0 aromatic carbocycles. The van der Waals surface area contributed by atoms with Crippen molar-refractivity contribution in [3.8, 4) is 0 Å². The van der Waals surface area contributed by atoms with Gasteiger partial charge >= 0.3 is 6.18 Å². The first-order valence-electron chi connectivity index (χ1n) is 3.57. The van der Waals surface area contributed by atoms with E-state index >= 15 is 0 Å². The van der Waals surface area contributed by atoms with Crippen molar-refractivity contribution in [3.05, 3.63) is 28.5 Å². The minimum absolute atomic E-state index is 0.265. The van der Waals surface area contributed by atoms with Gasteiger partial charge in [0.05, 0.1) is 11.1 Å². The number of hydrogen-bond donors (Lipinski definition) is 2. The molecule has 0 saturated heterocycles. The van der Waals surface area contributed by atoms with Crippen molar-refractivity contribution in [1.82, 2.24) is 4.98 Å². The first-order chi connectivity index (χ1) is 6.86. The summed E-state index contributed by atoms with van der Waals surface area (Å²) >= 11 is 5.47. The van der Waals surface area contributed by atoms with Gasteiger partial charge in [0.2, 0.25) is 0 Å². The van der Waals surface area contributed by atoms with Crippen molar-refractivity contribution in [2.24, 2.45) is 10.9 Å². The van der Waals surface area contributed by atoms with Crippen molar-refractivity contribution in [2.75, 3.05) is 0 Å². The Morgan fingerprint density at radius 1 is 1.53 bits per heavy atom. The topological polar surface area (TPSA) is 71.5 Å². The van der Waals surface area contributed by atoms with E-state index in [0.29, 0.717) is 12.3 Å². The van der Waals surface area contributed by atoms with E-state index < -0.39 is 17.6 Å². The lowest BCUT2D eigenvalue weighted by Crippen LogP contribution is -2.16. The maximum atomic E-state index is 12.2. The predicted octanol–water partition coefficient (Wildman–Crippen LogP) is 1.85. The lowest BCUT2D eigenvalue weighted by atomic mass is 10.2. The van der Waals surface area contributed by atoms with Gasteiger partial charge < -0.3 is 10.9 Å². The number of nitrogens with two attached hydrogens (primary N) is 1. The summed E-state index contributed by atoms with van der Waals surface area (Å²) in [7, 11) is 0. The zero-order valence-electron chi connectivity index (χ0n) is 7.09. The second kappa shape index (κ2) is 3.93. The van der Waals surface area contributed by atoms with Crippen LogP contribution in [0.3, 0.4) is 0 Å². The zero-order valence-corrected chi connectivity index (χ0v) is 7.84. The first kappa shape index (κ1) is 11.6. The zero-order chi connectivity index (χ0) is 11.6. The van der Waals surface area contributed by atoms with Crippen molar-refractivity contribution < 1.29 is 18.4 Å². The molecule has 0 aliphatic heterocycles. The minimum Gasteiger partial charge on any atom is -0.409 e. The van der Waals surface area contributed by atoms with E-state index in [1.165, 1.54) is 0 Å². The molecule has 0 bridgehead atoms. The normalized spacial score (nSPS) is 12.9. The minimum atomic E-state index is -4.55. The molecule has 0 radical (unpaired) electrons. The number of oxime groups is 1. The summed E-state index contributed by atoms with van der Waals surface area (Å²) in [5.74, 6) is -0.529. The Hall–Kier alpha value is -1.50. The molecule has 1 aromatic rings. The van der Waals surface area contributed by atoms with E-state index in [4.69, 9.17) is 22.5 Å². The fourth-order valence-corrected chi connectivity index (χ4v) is 1.04. The quantitative estimate of drug-likeness (QED) is 0.258. The summed E-state index contributed by atoms with van der Waals surface area (Å²) < 4.78 is 36.7. The van der Waals surface area contributed by atoms with E-state index in [1.807, 2.05) is 0 Å². The second-order valence-corrected chi connectivity index (χ2v) is 2.90. The second-order valence-electron chi connectivity index (χ2n) is 2.55. The van der Waals surface area contributed by atoms with Gasteiger partial charge in [-0.1, -0.05) is 16.8 Å². The van der Waals surface area contributed by atoms with Crippen LogP contribution in [0.15, 0.2) is 17.4 Å². The molecule has 1 rings (SSSR count). The van der Waals surface area contributed by atoms with Gasteiger partial charge in [-0.25, -0.2) is 4.98 Å². The summed E-state index contributed by atoms with van der Waals surface area (Å²) in [6.07, 6.45) is -3.99. The van der Waals surface area contributed by atoms with Crippen molar-refractivity contribution in [1.29, 1.82) is 0 Å². The fourth-order valence-electron chi connectivity index (χ4n) is 0.837. The van der Waals surface area contributed by atoms with E-state index in [-0.39, 0.29) is 10.7 Å². The lowest BCUT2D eigenvalue weighted by Gasteiger charge is -2.08.